The van der Waals surface area contributed by atoms with E-state index in [-0.39, 0.29) is 12.3 Å². The van der Waals surface area contributed by atoms with Gasteiger partial charge in [0.15, 0.2) is 5.13 Å². The number of hydrogen-bond donors (Lipinski definition) is 1. The van der Waals surface area contributed by atoms with Gasteiger partial charge in [0.05, 0.1) is 25.3 Å². The summed E-state index contributed by atoms with van der Waals surface area (Å²) < 4.78 is 5.37. The van der Waals surface area contributed by atoms with E-state index in [0.717, 1.165) is 75.3 Å². The smallest absolute Gasteiger partial charge is 0.246 e. The van der Waals surface area contributed by atoms with Crippen LogP contribution in [-0.4, -0.2) is 60.9 Å². The highest BCUT2D eigenvalue weighted by molar-refractivity contribution is 7.13. The van der Waals surface area contributed by atoms with Gasteiger partial charge in [0, 0.05) is 56.7 Å². The van der Waals surface area contributed by atoms with Gasteiger partial charge in [-0.15, -0.1) is 11.3 Å². The van der Waals surface area contributed by atoms with Crippen molar-refractivity contribution >= 4 is 28.1 Å². The van der Waals surface area contributed by atoms with E-state index < -0.39 is 0 Å². The highest BCUT2D eigenvalue weighted by Crippen LogP contribution is 2.21. The van der Waals surface area contributed by atoms with Gasteiger partial charge in [0.2, 0.25) is 5.91 Å². The molecule has 0 spiro atoms. The number of benzene rings is 1. The molecule has 3 heterocycles. The van der Waals surface area contributed by atoms with Crippen molar-refractivity contribution < 1.29 is 9.53 Å². The number of hydrazone groups is 1. The molecule has 0 saturated carbocycles. The highest BCUT2D eigenvalue weighted by Gasteiger charge is 2.17. The van der Waals surface area contributed by atoms with Gasteiger partial charge in [-0.3, -0.25) is 9.69 Å². The third-order valence-electron chi connectivity index (χ3n) is 5.18. The molecule has 7 nitrogen and oxygen atoms in total. The molecule has 4 rings (SSSR count). The zero-order chi connectivity index (χ0) is 19.9. The molecule has 29 heavy (non-hydrogen) atoms. The molecule has 8 heteroatoms. The van der Waals surface area contributed by atoms with E-state index in [1.165, 1.54) is 5.56 Å². The number of nitrogens with zero attached hydrogens (tertiary/aromatic N) is 4. The number of carbonyl (C=O) groups excluding carboxylic acids is 1. The molecule has 2 aliphatic rings. The Bertz CT molecular complexity index is 823. The van der Waals surface area contributed by atoms with Crippen molar-refractivity contribution in [3.8, 4) is 0 Å². The lowest BCUT2D eigenvalue weighted by molar-refractivity contribution is -0.120. The predicted molar refractivity (Wildman–Crippen MR) is 115 cm³/mol. The van der Waals surface area contributed by atoms with Crippen LogP contribution < -0.4 is 10.3 Å². The summed E-state index contributed by atoms with van der Waals surface area (Å²) in [5, 5.41) is 7.28. The summed E-state index contributed by atoms with van der Waals surface area (Å²) in [6, 6.07) is 10.5. The van der Waals surface area contributed by atoms with E-state index in [4.69, 9.17) is 4.74 Å². The second kappa shape index (κ2) is 9.96. The van der Waals surface area contributed by atoms with E-state index in [1.54, 1.807) is 11.3 Å². The Morgan fingerprint density at radius 2 is 1.90 bits per heavy atom. The normalized spacial score (nSPS) is 17.9. The molecule has 0 radical (unpaired) electrons. The van der Waals surface area contributed by atoms with Crippen LogP contribution in [-0.2, 0) is 22.5 Å². The number of anilines is 1. The lowest BCUT2D eigenvalue weighted by Gasteiger charge is -2.27. The largest absolute Gasteiger partial charge is 0.378 e. The van der Waals surface area contributed by atoms with Gasteiger partial charge in [-0.05, 0) is 5.56 Å². The van der Waals surface area contributed by atoms with Gasteiger partial charge in [0.25, 0.3) is 0 Å². The van der Waals surface area contributed by atoms with Crippen LogP contribution >= 0.6 is 11.3 Å². The Kier molecular flexibility index (Phi) is 6.87. The van der Waals surface area contributed by atoms with Crippen molar-refractivity contribution in [1.29, 1.82) is 0 Å². The van der Waals surface area contributed by atoms with Crippen molar-refractivity contribution in [2.75, 3.05) is 44.3 Å². The maximum atomic E-state index is 12.2. The first-order chi connectivity index (χ1) is 14.3. The maximum Gasteiger partial charge on any atom is 0.246 e. The van der Waals surface area contributed by atoms with Gasteiger partial charge in [-0.25, -0.2) is 10.4 Å². The number of aromatic nitrogens is 1. The van der Waals surface area contributed by atoms with Crippen LogP contribution in [0.5, 0.6) is 0 Å². The topological polar surface area (TPSA) is 70.1 Å². The first-order valence-corrected chi connectivity index (χ1v) is 11.0. The van der Waals surface area contributed by atoms with Crippen molar-refractivity contribution in [2.24, 2.45) is 5.10 Å². The van der Waals surface area contributed by atoms with E-state index in [1.807, 2.05) is 11.4 Å². The van der Waals surface area contributed by atoms with Crippen LogP contribution in [0.3, 0.4) is 0 Å². The Morgan fingerprint density at radius 3 is 2.66 bits per heavy atom. The lowest BCUT2D eigenvalue weighted by atomic mass is 10.1. The van der Waals surface area contributed by atoms with E-state index in [9.17, 15) is 4.79 Å². The number of amides is 1. The molecular weight excluding hydrogens is 386 g/mol. The van der Waals surface area contributed by atoms with Gasteiger partial charge >= 0.3 is 0 Å². The minimum atomic E-state index is -0.108. The minimum absolute atomic E-state index is 0.108. The summed E-state index contributed by atoms with van der Waals surface area (Å²) in [5.41, 5.74) is 5.91. The fourth-order valence-corrected chi connectivity index (χ4v) is 4.42. The summed E-state index contributed by atoms with van der Waals surface area (Å²) in [7, 11) is 0. The van der Waals surface area contributed by atoms with Crippen LogP contribution in [0, 0.1) is 0 Å². The SMILES string of the molecule is O=C(Cc1csc(N2CCOCC2)n1)NN=C1CCN(Cc2ccccc2)CC1. The van der Waals surface area contributed by atoms with Crippen molar-refractivity contribution in [3.63, 3.8) is 0 Å². The first kappa shape index (κ1) is 20.0. The van der Waals surface area contributed by atoms with Crippen molar-refractivity contribution in [2.45, 2.75) is 25.8 Å². The summed E-state index contributed by atoms with van der Waals surface area (Å²) >= 11 is 1.58. The van der Waals surface area contributed by atoms with Crippen LogP contribution in [0.25, 0.3) is 0 Å². The molecule has 2 aromatic rings. The number of rotatable bonds is 6. The third kappa shape index (κ3) is 5.85. The summed E-state index contributed by atoms with van der Waals surface area (Å²) in [5.74, 6) is -0.108. The quantitative estimate of drug-likeness (QED) is 0.736. The predicted octanol–water partition coefficient (Wildman–Crippen LogP) is 2.29. The average molecular weight is 414 g/mol. The molecule has 1 N–H and O–H groups in total. The van der Waals surface area contributed by atoms with Gasteiger partial charge < -0.3 is 9.64 Å². The molecule has 154 valence electrons. The monoisotopic (exact) mass is 413 g/mol. The Balaban J connectivity index is 1.20. The van der Waals surface area contributed by atoms with Crippen molar-refractivity contribution in [1.82, 2.24) is 15.3 Å². The Morgan fingerprint density at radius 1 is 1.14 bits per heavy atom. The van der Waals surface area contributed by atoms with Gasteiger partial charge in [-0.1, -0.05) is 30.3 Å². The molecule has 0 unspecified atom stereocenters. The standard InChI is InChI=1S/C21H27N5O2S/c27-20(14-19-16-29-21(22-19)26-10-12-28-13-11-26)24-23-18-6-8-25(9-7-18)15-17-4-2-1-3-5-17/h1-5,16H,6-15H2,(H,24,27). The third-order valence-corrected chi connectivity index (χ3v) is 6.13. The summed E-state index contributed by atoms with van der Waals surface area (Å²) in [6.45, 7) is 6.08. The van der Waals surface area contributed by atoms with Gasteiger partial charge in [-0.2, -0.15) is 5.10 Å². The second-order valence-corrected chi connectivity index (χ2v) is 8.21. The molecular formula is C21H27N5O2S. The zero-order valence-corrected chi connectivity index (χ0v) is 17.4. The molecule has 0 bridgehead atoms. The fraction of sp³-hybridized carbons (Fsp3) is 0.476. The van der Waals surface area contributed by atoms with Crippen LogP contribution in [0.1, 0.15) is 24.1 Å². The molecule has 1 aromatic carbocycles. The summed E-state index contributed by atoms with van der Waals surface area (Å²) in [6.07, 6.45) is 2.05. The van der Waals surface area contributed by atoms with E-state index in [0.29, 0.717) is 0 Å². The minimum Gasteiger partial charge on any atom is -0.378 e. The molecule has 2 aliphatic heterocycles. The zero-order valence-electron chi connectivity index (χ0n) is 16.5. The van der Waals surface area contributed by atoms with E-state index >= 15 is 0 Å². The fourth-order valence-electron chi connectivity index (χ4n) is 3.55. The van der Waals surface area contributed by atoms with Crippen LogP contribution in [0.2, 0.25) is 0 Å². The lowest BCUT2D eigenvalue weighted by Crippen LogP contribution is -2.36. The number of carbonyl (C=O) groups is 1. The number of thiazole rings is 1. The highest BCUT2D eigenvalue weighted by atomic mass is 32.1. The number of likely N-dealkylation sites (tertiary alicyclic amines) is 1. The molecule has 0 aliphatic carbocycles. The number of ether oxygens (including phenoxy) is 1. The molecule has 2 fully saturated rings. The van der Waals surface area contributed by atoms with Crippen molar-refractivity contribution in [3.05, 3.63) is 47.0 Å². The number of piperidine rings is 1. The van der Waals surface area contributed by atoms with E-state index in [2.05, 4.69) is 49.6 Å². The first-order valence-electron chi connectivity index (χ1n) is 10.1. The second-order valence-electron chi connectivity index (χ2n) is 7.37. The van der Waals surface area contributed by atoms with Crippen LogP contribution in [0.15, 0.2) is 40.8 Å². The molecule has 0 atom stereocenters. The molecule has 2 saturated heterocycles. The molecule has 1 amide bonds. The summed E-state index contributed by atoms with van der Waals surface area (Å²) in [4.78, 5) is 21.5. The maximum absolute atomic E-state index is 12.2. The molecule has 1 aromatic heterocycles. The number of morpholine rings is 1. The number of hydrogen-bond acceptors (Lipinski definition) is 7. The van der Waals surface area contributed by atoms with Gasteiger partial charge in [0.1, 0.15) is 0 Å². The number of nitrogens with one attached hydrogen (secondary N) is 1. The Labute approximate surface area is 175 Å². The average Bonchev–Trinajstić information content (AvgIpc) is 3.23. The Hall–Kier alpha value is -2.29. The van der Waals surface area contributed by atoms with Crippen LogP contribution in [0.4, 0.5) is 5.13 Å².